The summed E-state index contributed by atoms with van der Waals surface area (Å²) in [5.41, 5.74) is 2.84. The van der Waals surface area contributed by atoms with Crippen molar-refractivity contribution in [1.29, 1.82) is 0 Å². The third-order valence-corrected chi connectivity index (χ3v) is 6.04. The Morgan fingerprint density at radius 3 is 2.23 bits per heavy atom. The Labute approximate surface area is 138 Å². The minimum absolute atomic E-state index is 0.177. The molecule has 2 fully saturated rings. The van der Waals surface area contributed by atoms with Crippen LogP contribution >= 0.6 is 11.6 Å². The van der Waals surface area contributed by atoms with Gasteiger partial charge >= 0.3 is 0 Å². The lowest BCUT2D eigenvalue weighted by molar-refractivity contribution is -0.940. The van der Waals surface area contributed by atoms with Gasteiger partial charge in [0.1, 0.15) is 0 Å². The van der Waals surface area contributed by atoms with Crippen molar-refractivity contribution in [2.75, 3.05) is 25.0 Å². The standard InChI is InChI=1S/C18H25ClN2O/c1-4-21(9-5-6-10-21)18(7-8-18)17(22)20-16-13(2)11-15(19)12-14(16)3/h11-12H,4-10H2,1-3H3/p+1. The number of halogens is 1. The fraction of sp³-hybridized carbons (Fsp3) is 0.611. The number of nitrogens with zero attached hydrogens (tertiary/aromatic N) is 1. The number of anilines is 1. The number of hydrogen-bond acceptors (Lipinski definition) is 1. The Morgan fingerprint density at radius 2 is 1.77 bits per heavy atom. The molecule has 0 spiro atoms. The molecule has 1 saturated carbocycles. The first kappa shape index (κ1) is 15.8. The second-order valence-corrected chi connectivity index (χ2v) is 7.45. The number of likely N-dealkylation sites (tertiary alicyclic amines) is 1. The molecule has 1 heterocycles. The Balaban J connectivity index is 1.86. The molecule has 1 saturated heterocycles. The van der Waals surface area contributed by atoms with Crippen LogP contribution in [-0.2, 0) is 4.79 Å². The van der Waals surface area contributed by atoms with Crippen molar-refractivity contribution < 1.29 is 9.28 Å². The van der Waals surface area contributed by atoms with E-state index in [0.717, 1.165) is 58.8 Å². The number of carbonyl (C=O) groups excluding carboxylic acids is 1. The van der Waals surface area contributed by atoms with Crippen LogP contribution in [0, 0.1) is 13.8 Å². The van der Waals surface area contributed by atoms with Crippen LogP contribution in [0.25, 0.3) is 0 Å². The topological polar surface area (TPSA) is 29.1 Å². The van der Waals surface area contributed by atoms with Crippen LogP contribution < -0.4 is 5.32 Å². The first-order chi connectivity index (χ1) is 10.4. The quantitative estimate of drug-likeness (QED) is 0.833. The Kier molecular flexibility index (Phi) is 3.98. The molecule has 0 bridgehead atoms. The highest BCUT2D eigenvalue weighted by Crippen LogP contribution is 2.50. The molecule has 1 aliphatic heterocycles. The molecule has 1 aromatic rings. The molecule has 120 valence electrons. The van der Waals surface area contributed by atoms with Gasteiger partial charge in [0.15, 0.2) is 5.54 Å². The number of rotatable bonds is 4. The van der Waals surface area contributed by atoms with Crippen molar-refractivity contribution in [2.45, 2.75) is 52.0 Å². The fourth-order valence-electron chi connectivity index (χ4n) is 4.36. The SMILES string of the molecule is CC[N+]1(C2(C(=O)Nc3c(C)cc(Cl)cc3C)CC2)CCCC1. The molecule has 3 rings (SSSR count). The van der Waals surface area contributed by atoms with E-state index < -0.39 is 0 Å². The van der Waals surface area contributed by atoms with Gasteiger partial charge in [-0.15, -0.1) is 0 Å². The summed E-state index contributed by atoms with van der Waals surface area (Å²) in [5.74, 6) is 0.213. The lowest BCUT2D eigenvalue weighted by Gasteiger charge is -2.40. The number of hydrogen-bond donors (Lipinski definition) is 1. The molecule has 0 unspecified atom stereocenters. The van der Waals surface area contributed by atoms with Gasteiger partial charge in [0, 0.05) is 36.4 Å². The first-order valence-corrected chi connectivity index (χ1v) is 8.76. The molecular formula is C18H26ClN2O+. The van der Waals surface area contributed by atoms with Crippen molar-refractivity contribution in [3.63, 3.8) is 0 Å². The summed E-state index contributed by atoms with van der Waals surface area (Å²) < 4.78 is 0.991. The van der Waals surface area contributed by atoms with Gasteiger partial charge in [-0.1, -0.05) is 11.6 Å². The van der Waals surface area contributed by atoms with E-state index in [1.165, 1.54) is 12.8 Å². The van der Waals surface area contributed by atoms with Crippen LogP contribution in [-0.4, -0.2) is 35.6 Å². The van der Waals surface area contributed by atoms with Crippen molar-refractivity contribution in [1.82, 2.24) is 0 Å². The predicted octanol–water partition coefficient (Wildman–Crippen LogP) is 4.06. The van der Waals surface area contributed by atoms with Gasteiger partial charge in [-0.05, 0) is 44.0 Å². The maximum Gasteiger partial charge on any atom is 0.285 e. The number of amides is 1. The van der Waals surface area contributed by atoms with Crippen molar-refractivity contribution in [3.8, 4) is 0 Å². The lowest BCUT2D eigenvalue weighted by atomic mass is 10.1. The minimum atomic E-state index is -0.177. The van der Waals surface area contributed by atoms with E-state index in [-0.39, 0.29) is 11.4 Å². The van der Waals surface area contributed by atoms with Crippen LogP contribution in [0.1, 0.15) is 43.7 Å². The predicted molar refractivity (Wildman–Crippen MR) is 91.3 cm³/mol. The van der Waals surface area contributed by atoms with Gasteiger partial charge in [0.05, 0.1) is 19.6 Å². The number of aryl methyl sites for hydroxylation is 2. The molecule has 3 nitrogen and oxygen atoms in total. The van der Waals surface area contributed by atoms with E-state index in [1.54, 1.807) is 0 Å². The third-order valence-electron chi connectivity index (χ3n) is 5.82. The summed E-state index contributed by atoms with van der Waals surface area (Å²) in [4.78, 5) is 13.1. The summed E-state index contributed by atoms with van der Waals surface area (Å²) in [6.07, 6.45) is 4.56. The Hall–Kier alpha value is -1.06. The number of carbonyl (C=O) groups is 1. The van der Waals surface area contributed by atoms with Crippen LogP contribution in [0.2, 0.25) is 5.02 Å². The number of likely N-dealkylation sites (N-methyl/N-ethyl adjacent to an activating group) is 1. The molecule has 4 heteroatoms. The molecule has 1 aliphatic carbocycles. The second-order valence-electron chi connectivity index (χ2n) is 7.02. The molecule has 1 aromatic carbocycles. The van der Waals surface area contributed by atoms with Gasteiger partial charge in [0.2, 0.25) is 0 Å². The van der Waals surface area contributed by atoms with Crippen molar-refractivity contribution in [2.24, 2.45) is 0 Å². The minimum Gasteiger partial charge on any atom is -0.320 e. The Morgan fingerprint density at radius 1 is 1.23 bits per heavy atom. The fourth-order valence-corrected chi connectivity index (χ4v) is 4.69. The summed E-state index contributed by atoms with van der Waals surface area (Å²) in [7, 11) is 0. The molecule has 2 aliphatic rings. The van der Waals surface area contributed by atoms with Gasteiger partial charge in [-0.3, -0.25) is 4.79 Å². The normalized spacial score (nSPS) is 21.6. The summed E-state index contributed by atoms with van der Waals surface area (Å²) in [5, 5.41) is 3.96. The summed E-state index contributed by atoms with van der Waals surface area (Å²) in [6.45, 7) is 9.62. The Bertz CT molecular complexity index is 578. The first-order valence-electron chi connectivity index (χ1n) is 8.38. The maximum absolute atomic E-state index is 13.1. The molecule has 1 amide bonds. The number of quaternary nitrogens is 1. The van der Waals surface area contributed by atoms with Crippen LogP contribution in [0.3, 0.4) is 0 Å². The van der Waals surface area contributed by atoms with E-state index in [9.17, 15) is 4.79 Å². The summed E-state index contributed by atoms with van der Waals surface area (Å²) >= 11 is 6.09. The zero-order valence-corrected chi connectivity index (χ0v) is 14.6. The zero-order chi connectivity index (χ0) is 16.0. The molecular weight excluding hydrogens is 296 g/mol. The van der Waals surface area contributed by atoms with Gasteiger partial charge in [-0.25, -0.2) is 0 Å². The third kappa shape index (κ3) is 2.35. The van der Waals surface area contributed by atoms with Crippen LogP contribution in [0.15, 0.2) is 12.1 Å². The van der Waals surface area contributed by atoms with Gasteiger partial charge < -0.3 is 9.80 Å². The van der Waals surface area contributed by atoms with Crippen molar-refractivity contribution in [3.05, 3.63) is 28.3 Å². The highest BCUT2D eigenvalue weighted by atomic mass is 35.5. The van der Waals surface area contributed by atoms with E-state index in [0.29, 0.717) is 0 Å². The smallest absolute Gasteiger partial charge is 0.285 e. The second kappa shape index (κ2) is 5.54. The average molecular weight is 322 g/mol. The summed E-state index contributed by atoms with van der Waals surface area (Å²) in [6, 6.07) is 3.84. The molecule has 22 heavy (non-hydrogen) atoms. The van der Waals surface area contributed by atoms with Crippen LogP contribution in [0.5, 0.6) is 0 Å². The monoisotopic (exact) mass is 321 g/mol. The number of nitrogens with one attached hydrogen (secondary N) is 1. The average Bonchev–Trinajstić information content (AvgIpc) is 3.15. The van der Waals surface area contributed by atoms with E-state index >= 15 is 0 Å². The van der Waals surface area contributed by atoms with Crippen LogP contribution in [0.4, 0.5) is 5.69 Å². The van der Waals surface area contributed by atoms with E-state index in [1.807, 2.05) is 26.0 Å². The lowest BCUT2D eigenvalue weighted by Crippen LogP contribution is -2.60. The zero-order valence-electron chi connectivity index (χ0n) is 13.8. The number of benzene rings is 1. The highest BCUT2D eigenvalue weighted by Gasteiger charge is 2.65. The van der Waals surface area contributed by atoms with E-state index in [4.69, 9.17) is 11.6 Å². The highest BCUT2D eigenvalue weighted by molar-refractivity contribution is 6.30. The molecule has 0 aromatic heterocycles. The largest absolute Gasteiger partial charge is 0.320 e. The molecule has 0 radical (unpaired) electrons. The van der Waals surface area contributed by atoms with Gasteiger partial charge in [-0.2, -0.15) is 0 Å². The molecule has 1 N–H and O–H groups in total. The maximum atomic E-state index is 13.1. The van der Waals surface area contributed by atoms with Gasteiger partial charge in [0.25, 0.3) is 5.91 Å². The van der Waals surface area contributed by atoms with E-state index in [2.05, 4.69) is 12.2 Å². The van der Waals surface area contributed by atoms with Crippen molar-refractivity contribution >= 4 is 23.2 Å². The molecule has 0 atom stereocenters.